The lowest BCUT2D eigenvalue weighted by molar-refractivity contribution is -0.141. The zero-order chi connectivity index (χ0) is 13.9. The third-order valence-corrected chi connectivity index (χ3v) is 2.49. The highest BCUT2D eigenvalue weighted by Gasteiger charge is 2.34. The third kappa shape index (κ3) is 3.14. The van der Waals surface area contributed by atoms with E-state index >= 15 is 0 Å². The van der Waals surface area contributed by atoms with Crippen molar-refractivity contribution in [1.29, 1.82) is 5.26 Å². The van der Waals surface area contributed by atoms with Gasteiger partial charge in [-0.1, -0.05) is 11.6 Å². The van der Waals surface area contributed by atoms with E-state index in [9.17, 15) is 18.0 Å². The standard InChI is InChI=1S/C11H7ClF3NO2/c1-18-10(17)3-6-2-7(5-16)9(12)4-8(6)11(13,14)15/h2,4H,3H2,1H3. The van der Waals surface area contributed by atoms with Gasteiger partial charge < -0.3 is 4.74 Å². The number of carbonyl (C=O) groups is 1. The minimum atomic E-state index is -4.65. The fourth-order valence-electron chi connectivity index (χ4n) is 1.34. The van der Waals surface area contributed by atoms with Gasteiger partial charge in [0, 0.05) is 0 Å². The summed E-state index contributed by atoms with van der Waals surface area (Å²) in [4.78, 5) is 11.0. The van der Waals surface area contributed by atoms with Gasteiger partial charge >= 0.3 is 12.1 Å². The van der Waals surface area contributed by atoms with Crippen molar-refractivity contribution in [2.75, 3.05) is 7.11 Å². The van der Waals surface area contributed by atoms with Crippen LogP contribution >= 0.6 is 11.6 Å². The summed E-state index contributed by atoms with van der Waals surface area (Å²) in [6.45, 7) is 0. The quantitative estimate of drug-likeness (QED) is 0.781. The van der Waals surface area contributed by atoms with Crippen LogP contribution in [0.1, 0.15) is 16.7 Å². The SMILES string of the molecule is COC(=O)Cc1cc(C#N)c(Cl)cc1C(F)(F)F. The molecule has 0 amide bonds. The molecule has 0 N–H and O–H groups in total. The Morgan fingerprint density at radius 1 is 1.50 bits per heavy atom. The summed E-state index contributed by atoms with van der Waals surface area (Å²) >= 11 is 5.54. The summed E-state index contributed by atoms with van der Waals surface area (Å²) in [5.41, 5.74) is -1.50. The molecule has 7 heteroatoms. The van der Waals surface area contributed by atoms with Crippen molar-refractivity contribution in [3.05, 3.63) is 33.8 Å². The topological polar surface area (TPSA) is 50.1 Å². The first-order chi connectivity index (χ1) is 8.29. The third-order valence-electron chi connectivity index (χ3n) is 2.18. The molecular weight excluding hydrogens is 271 g/mol. The molecule has 0 bridgehead atoms. The number of alkyl halides is 3. The molecule has 0 saturated carbocycles. The molecule has 0 spiro atoms. The van der Waals surface area contributed by atoms with Crippen molar-refractivity contribution < 1.29 is 22.7 Å². The number of halogens is 4. The van der Waals surface area contributed by atoms with Crippen LogP contribution in [-0.2, 0) is 22.1 Å². The second-order valence-corrected chi connectivity index (χ2v) is 3.76. The van der Waals surface area contributed by atoms with Gasteiger partial charge in [0.2, 0.25) is 0 Å². The number of benzene rings is 1. The highest BCUT2D eigenvalue weighted by molar-refractivity contribution is 6.31. The molecule has 0 radical (unpaired) electrons. The number of hydrogen-bond donors (Lipinski definition) is 0. The molecule has 18 heavy (non-hydrogen) atoms. The van der Waals surface area contributed by atoms with Crippen LogP contribution in [0.5, 0.6) is 0 Å². The summed E-state index contributed by atoms with van der Waals surface area (Å²) in [5.74, 6) is -0.827. The normalized spacial score (nSPS) is 10.9. The van der Waals surface area contributed by atoms with Gasteiger partial charge in [0.25, 0.3) is 0 Å². The average Bonchev–Trinajstić information content (AvgIpc) is 2.29. The van der Waals surface area contributed by atoms with E-state index < -0.39 is 24.1 Å². The maximum Gasteiger partial charge on any atom is 0.416 e. The smallest absolute Gasteiger partial charge is 0.416 e. The van der Waals surface area contributed by atoms with Crippen LogP contribution in [0.2, 0.25) is 5.02 Å². The van der Waals surface area contributed by atoms with Crippen LogP contribution in [0, 0.1) is 11.3 Å². The van der Waals surface area contributed by atoms with E-state index in [1.165, 1.54) is 0 Å². The maximum atomic E-state index is 12.7. The molecule has 0 aliphatic carbocycles. The summed E-state index contributed by atoms with van der Waals surface area (Å²) in [7, 11) is 1.07. The molecule has 0 fully saturated rings. The molecule has 0 unspecified atom stereocenters. The predicted molar refractivity (Wildman–Crippen MR) is 56.9 cm³/mol. The Morgan fingerprint density at radius 2 is 2.11 bits per heavy atom. The van der Waals surface area contributed by atoms with E-state index in [1.807, 2.05) is 0 Å². The van der Waals surface area contributed by atoms with Gasteiger partial charge in [-0.2, -0.15) is 18.4 Å². The number of methoxy groups -OCH3 is 1. The minimum Gasteiger partial charge on any atom is -0.469 e. The Labute approximate surface area is 106 Å². The number of nitrogens with zero attached hydrogens (tertiary/aromatic N) is 1. The van der Waals surface area contributed by atoms with E-state index in [0.717, 1.165) is 13.2 Å². The number of esters is 1. The largest absolute Gasteiger partial charge is 0.469 e. The predicted octanol–water partition coefficient (Wildman–Crippen LogP) is 2.95. The first kappa shape index (κ1) is 14.3. The highest BCUT2D eigenvalue weighted by Crippen LogP contribution is 2.35. The van der Waals surface area contributed by atoms with Gasteiger partial charge in [-0.15, -0.1) is 0 Å². The molecule has 3 nitrogen and oxygen atoms in total. The molecule has 0 aliphatic rings. The van der Waals surface area contributed by atoms with Crippen LogP contribution in [0.3, 0.4) is 0 Å². The van der Waals surface area contributed by atoms with E-state index in [2.05, 4.69) is 4.74 Å². The van der Waals surface area contributed by atoms with Crippen LogP contribution in [0.15, 0.2) is 12.1 Å². The average molecular weight is 278 g/mol. The maximum absolute atomic E-state index is 12.7. The summed E-state index contributed by atoms with van der Waals surface area (Å²) in [5, 5.41) is 8.39. The molecule has 1 rings (SSSR count). The number of ether oxygens (including phenoxy) is 1. The molecule has 0 saturated heterocycles. The Kier molecular flexibility index (Phi) is 4.19. The van der Waals surface area contributed by atoms with Crippen LogP contribution < -0.4 is 0 Å². The first-order valence-corrected chi connectivity index (χ1v) is 5.04. The van der Waals surface area contributed by atoms with Crippen LogP contribution in [-0.4, -0.2) is 13.1 Å². The second-order valence-electron chi connectivity index (χ2n) is 3.35. The molecule has 0 aliphatic heterocycles. The molecule has 1 aromatic carbocycles. The Bertz CT molecular complexity index is 520. The lowest BCUT2D eigenvalue weighted by Gasteiger charge is -2.13. The molecule has 0 aromatic heterocycles. The van der Waals surface area contributed by atoms with Gasteiger partial charge in [-0.3, -0.25) is 4.79 Å². The lowest BCUT2D eigenvalue weighted by atomic mass is 10.0. The molecule has 1 aromatic rings. The second kappa shape index (κ2) is 5.27. The molecule has 0 atom stereocenters. The zero-order valence-corrected chi connectivity index (χ0v) is 9.89. The van der Waals surface area contributed by atoms with Gasteiger partial charge in [0.1, 0.15) is 6.07 Å². The lowest BCUT2D eigenvalue weighted by Crippen LogP contribution is -2.14. The zero-order valence-electron chi connectivity index (χ0n) is 9.14. The summed E-state index contributed by atoms with van der Waals surface area (Å²) < 4.78 is 42.5. The van der Waals surface area contributed by atoms with Crippen LogP contribution in [0.25, 0.3) is 0 Å². The Hall–Kier alpha value is -1.74. The van der Waals surface area contributed by atoms with E-state index in [-0.39, 0.29) is 16.1 Å². The van der Waals surface area contributed by atoms with Gasteiger partial charge in [-0.25, -0.2) is 0 Å². The number of rotatable bonds is 2. The monoisotopic (exact) mass is 277 g/mol. The van der Waals surface area contributed by atoms with E-state index in [4.69, 9.17) is 16.9 Å². The molecule has 0 heterocycles. The van der Waals surface area contributed by atoms with Gasteiger partial charge in [0.15, 0.2) is 0 Å². The first-order valence-electron chi connectivity index (χ1n) is 4.66. The Morgan fingerprint density at radius 3 is 2.56 bits per heavy atom. The van der Waals surface area contributed by atoms with E-state index in [1.54, 1.807) is 6.07 Å². The highest BCUT2D eigenvalue weighted by atomic mass is 35.5. The summed E-state index contributed by atoms with van der Waals surface area (Å²) in [6.07, 6.45) is -5.22. The Balaban J connectivity index is 3.36. The summed E-state index contributed by atoms with van der Waals surface area (Å²) in [6, 6.07) is 3.24. The molecular formula is C11H7ClF3NO2. The van der Waals surface area contributed by atoms with Gasteiger partial charge in [-0.05, 0) is 17.7 Å². The fraction of sp³-hybridized carbons (Fsp3) is 0.273. The van der Waals surface area contributed by atoms with Crippen molar-refractivity contribution in [3.63, 3.8) is 0 Å². The van der Waals surface area contributed by atoms with Crippen molar-refractivity contribution >= 4 is 17.6 Å². The van der Waals surface area contributed by atoms with Crippen molar-refractivity contribution in [3.8, 4) is 6.07 Å². The molecule has 96 valence electrons. The van der Waals surface area contributed by atoms with E-state index in [0.29, 0.717) is 6.07 Å². The van der Waals surface area contributed by atoms with Crippen molar-refractivity contribution in [1.82, 2.24) is 0 Å². The fourth-order valence-corrected chi connectivity index (χ4v) is 1.55. The van der Waals surface area contributed by atoms with Crippen molar-refractivity contribution in [2.24, 2.45) is 0 Å². The van der Waals surface area contributed by atoms with Crippen LogP contribution in [0.4, 0.5) is 13.2 Å². The number of carbonyl (C=O) groups excluding carboxylic acids is 1. The van der Waals surface area contributed by atoms with Crippen molar-refractivity contribution in [2.45, 2.75) is 12.6 Å². The number of nitriles is 1. The number of hydrogen-bond acceptors (Lipinski definition) is 3. The minimum absolute atomic E-state index is 0.122. The van der Waals surface area contributed by atoms with Gasteiger partial charge in [0.05, 0.1) is 29.7 Å².